The van der Waals surface area contributed by atoms with Crippen LogP contribution in [0.5, 0.6) is 5.75 Å². The summed E-state index contributed by atoms with van der Waals surface area (Å²) in [5, 5.41) is 2.92. The maximum absolute atomic E-state index is 12.4. The lowest BCUT2D eigenvalue weighted by Gasteiger charge is -2.18. The van der Waals surface area contributed by atoms with Gasteiger partial charge in [-0.15, -0.1) is 0 Å². The quantitative estimate of drug-likeness (QED) is 0.477. The molecule has 0 bridgehead atoms. The van der Waals surface area contributed by atoms with Crippen molar-refractivity contribution in [1.82, 2.24) is 10.9 Å². The van der Waals surface area contributed by atoms with Crippen molar-refractivity contribution in [2.75, 3.05) is 19.0 Å². The monoisotopic (exact) mass is 360 g/mol. The van der Waals surface area contributed by atoms with Gasteiger partial charge < -0.3 is 20.5 Å². The van der Waals surface area contributed by atoms with E-state index in [9.17, 15) is 9.59 Å². The molecule has 0 fully saturated rings. The number of halogens is 1. The highest BCUT2D eigenvalue weighted by molar-refractivity contribution is 7.80. The van der Waals surface area contributed by atoms with Crippen LogP contribution in [0.25, 0.3) is 0 Å². The predicted octanol–water partition coefficient (Wildman–Crippen LogP) is 1.70. The zero-order chi connectivity index (χ0) is 17.6. The number of rotatable bonds is 4. The normalized spacial score (nSPS) is 9.74. The fourth-order valence-electron chi connectivity index (χ4n) is 1.76. The third kappa shape index (κ3) is 4.86. The van der Waals surface area contributed by atoms with Crippen molar-refractivity contribution in [1.29, 1.82) is 0 Å². The van der Waals surface area contributed by atoms with Crippen molar-refractivity contribution in [2.45, 2.75) is 13.8 Å². The van der Waals surface area contributed by atoms with Gasteiger partial charge in [-0.3, -0.25) is 10.2 Å². The van der Waals surface area contributed by atoms with Gasteiger partial charge in [-0.1, -0.05) is 11.6 Å². The van der Waals surface area contributed by atoms with Crippen molar-refractivity contribution in [3.8, 4) is 5.75 Å². The van der Waals surface area contributed by atoms with Crippen molar-refractivity contribution in [3.05, 3.63) is 22.2 Å². The third-order valence-electron chi connectivity index (χ3n) is 2.74. The summed E-state index contributed by atoms with van der Waals surface area (Å²) in [4.78, 5) is 23.6. The van der Waals surface area contributed by atoms with Gasteiger partial charge in [0, 0.05) is 11.1 Å². The van der Waals surface area contributed by atoms with Crippen molar-refractivity contribution in [2.24, 2.45) is 5.73 Å². The summed E-state index contributed by atoms with van der Waals surface area (Å²) in [6.45, 7) is 3.43. The van der Waals surface area contributed by atoms with E-state index in [1.807, 2.05) is 0 Å². The molecule has 1 rings (SSSR count). The van der Waals surface area contributed by atoms with Gasteiger partial charge in [-0.2, -0.15) is 0 Å². The molecule has 0 aliphatic rings. The first-order valence-corrected chi connectivity index (χ1v) is 7.27. The molecular weight excluding hydrogens is 344 g/mol. The first-order chi connectivity index (χ1) is 10.8. The van der Waals surface area contributed by atoms with Crippen LogP contribution in [-0.2, 0) is 4.74 Å². The van der Waals surface area contributed by atoms with Gasteiger partial charge in [-0.05, 0) is 31.6 Å². The lowest BCUT2D eigenvalue weighted by atomic mass is 10.0. The van der Waals surface area contributed by atoms with Crippen LogP contribution in [0.3, 0.4) is 0 Å². The van der Waals surface area contributed by atoms with E-state index in [1.54, 1.807) is 13.8 Å². The summed E-state index contributed by atoms with van der Waals surface area (Å²) >= 11 is 10.9. The number of methoxy groups -OCH3 is 1. The Bertz CT molecular complexity index is 639. The van der Waals surface area contributed by atoms with E-state index in [0.717, 1.165) is 0 Å². The molecule has 0 heterocycles. The van der Waals surface area contributed by atoms with Gasteiger partial charge in [0.2, 0.25) is 0 Å². The molecule has 0 atom stereocenters. The number of hydrazine groups is 1. The maximum atomic E-state index is 12.4. The van der Waals surface area contributed by atoms with Crippen LogP contribution in [0.1, 0.15) is 22.8 Å². The van der Waals surface area contributed by atoms with Crippen LogP contribution in [-0.4, -0.2) is 30.8 Å². The molecule has 0 unspecified atom stereocenters. The number of ether oxygens (including phenoxy) is 2. The summed E-state index contributed by atoms with van der Waals surface area (Å²) in [7, 11) is 1.41. The second kappa shape index (κ2) is 8.39. The number of thiocarbonyl (C=S) groups is 1. The highest BCUT2D eigenvalue weighted by atomic mass is 35.5. The number of benzene rings is 1. The van der Waals surface area contributed by atoms with E-state index in [-0.39, 0.29) is 28.7 Å². The molecule has 0 aliphatic carbocycles. The molecule has 0 radical (unpaired) electrons. The topological polar surface area (TPSA) is 115 Å². The summed E-state index contributed by atoms with van der Waals surface area (Å²) < 4.78 is 9.83. The highest BCUT2D eigenvalue weighted by Gasteiger charge is 2.22. The molecule has 126 valence electrons. The largest absolute Gasteiger partial charge is 0.494 e. The zero-order valence-electron chi connectivity index (χ0n) is 12.8. The van der Waals surface area contributed by atoms with Crippen LogP contribution in [0.2, 0.25) is 5.02 Å². The summed E-state index contributed by atoms with van der Waals surface area (Å²) in [6, 6.07) is 1.52. The van der Waals surface area contributed by atoms with E-state index in [1.165, 1.54) is 13.2 Å². The predicted molar refractivity (Wildman–Crippen MR) is 90.8 cm³/mol. The maximum Gasteiger partial charge on any atom is 0.426 e. The molecule has 0 saturated carbocycles. The van der Waals surface area contributed by atoms with E-state index >= 15 is 0 Å². The smallest absolute Gasteiger partial charge is 0.426 e. The molecule has 10 heteroatoms. The zero-order valence-corrected chi connectivity index (χ0v) is 14.4. The molecule has 23 heavy (non-hydrogen) atoms. The van der Waals surface area contributed by atoms with Crippen LogP contribution in [0.4, 0.5) is 10.5 Å². The summed E-state index contributed by atoms with van der Waals surface area (Å²) in [6.07, 6.45) is -0.795. The minimum Gasteiger partial charge on any atom is -0.494 e. The van der Waals surface area contributed by atoms with Crippen LogP contribution in [0.15, 0.2) is 6.07 Å². The SMILES string of the molecule is CCOC(=O)NNC(=O)c1c(C)c(Cl)cc(OC)c1NC(N)=S. The Morgan fingerprint density at radius 1 is 1.39 bits per heavy atom. The first kappa shape index (κ1) is 18.8. The van der Waals surface area contributed by atoms with E-state index in [2.05, 4.69) is 20.9 Å². The number of hydrogen-bond donors (Lipinski definition) is 4. The molecule has 8 nitrogen and oxygen atoms in total. The van der Waals surface area contributed by atoms with Crippen molar-refractivity contribution in [3.63, 3.8) is 0 Å². The van der Waals surface area contributed by atoms with Crippen LogP contribution < -0.4 is 26.6 Å². The molecule has 1 aromatic rings. The van der Waals surface area contributed by atoms with Gasteiger partial charge in [0.25, 0.3) is 5.91 Å². The van der Waals surface area contributed by atoms with E-state index in [4.69, 9.17) is 34.3 Å². The fourth-order valence-corrected chi connectivity index (χ4v) is 2.05. The van der Waals surface area contributed by atoms with E-state index < -0.39 is 12.0 Å². The van der Waals surface area contributed by atoms with Crippen LogP contribution >= 0.6 is 23.8 Å². The Morgan fingerprint density at radius 2 is 2.04 bits per heavy atom. The Hall–Kier alpha value is -2.26. The summed E-state index contributed by atoms with van der Waals surface area (Å²) in [5.41, 5.74) is 10.6. The number of carbonyl (C=O) groups excluding carboxylic acids is 2. The second-order valence-electron chi connectivity index (χ2n) is 4.22. The third-order valence-corrected chi connectivity index (χ3v) is 3.23. The number of carbonyl (C=O) groups is 2. The summed E-state index contributed by atoms with van der Waals surface area (Å²) in [5.74, 6) is -0.371. The van der Waals surface area contributed by atoms with Crippen molar-refractivity contribution >= 4 is 46.6 Å². The number of nitrogens with one attached hydrogen (secondary N) is 3. The van der Waals surface area contributed by atoms with Gasteiger partial charge >= 0.3 is 6.09 Å². The van der Waals surface area contributed by atoms with Gasteiger partial charge in [-0.25, -0.2) is 10.2 Å². The van der Waals surface area contributed by atoms with Gasteiger partial charge in [0.15, 0.2) is 5.11 Å². The molecule has 5 N–H and O–H groups in total. The second-order valence-corrected chi connectivity index (χ2v) is 5.07. The minimum atomic E-state index is -0.795. The fraction of sp³-hybridized carbons (Fsp3) is 0.308. The lowest BCUT2D eigenvalue weighted by Crippen LogP contribution is -2.42. The van der Waals surface area contributed by atoms with Gasteiger partial charge in [0.05, 0.1) is 25.0 Å². The average molecular weight is 361 g/mol. The Balaban J connectivity index is 3.20. The number of hydrogen-bond acceptors (Lipinski definition) is 5. The number of amides is 2. The first-order valence-electron chi connectivity index (χ1n) is 6.48. The molecule has 2 amide bonds. The Labute approximate surface area is 143 Å². The molecule has 0 spiro atoms. The standard InChI is InChI=1S/C13H17ClN4O4S/c1-4-22-13(20)18-17-11(19)9-6(2)7(14)5-8(21-3)10(9)16-12(15)23/h5H,4H2,1-3H3,(H,17,19)(H,18,20)(H3,15,16,23). The molecular formula is C13H17ClN4O4S. The molecule has 0 saturated heterocycles. The molecule has 1 aromatic carbocycles. The Kier molecular flexibility index (Phi) is 6.86. The number of anilines is 1. The highest BCUT2D eigenvalue weighted by Crippen LogP contribution is 2.35. The van der Waals surface area contributed by atoms with E-state index in [0.29, 0.717) is 10.6 Å². The minimum absolute atomic E-state index is 0.0579. The lowest BCUT2D eigenvalue weighted by molar-refractivity contribution is 0.0912. The average Bonchev–Trinajstić information content (AvgIpc) is 2.48. The van der Waals surface area contributed by atoms with Crippen molar-refractivity contribution < 1.29 is 19.1 Å². The molecule has 0 aliphatic heterocycles. The Morgan fingerprint density at radius 3 is 2.57 bits per heavy atom. The molecule has 0 aromatic heterocycles. The number of nitrogens with two attached hydrogens (primary N) is 1. The van der Waals surface area contributed by atoms with Crippen LogP contribution in [0, 0.1) is 6.92 Å². The van der Waals surface area contributed by atoms with Gasteiger partial charge in [0.1, 0.15) is 5.75 Å².